The van der Waals surface area contributed by atoms with Gasteiger partial charge in [-0.15, -0.1) is 0 Å². The summed E-state index contributed by atoms with van der Waals surface area (Å²) >= 11 is 0. The smallest absolute Gasteiger partial charge is 0.222 e. The van der Waals surface area contributed by atoms with E-state index in [2.05, 4.69) is 42.3 Å². The highest BCUT2D eigenvalue weighted by atomic mass is 16.5. The summed E-state index contributed by atoms with van der Waals surface area (Å²) in [5.74, 6) is 0.274. The van der Waals surface area contributed by atoms with Crippen LogP contribution in [0.1, 0.15) is 38.2 Å². The number of piperidine rings is 1. The molecule has 0 radical (unpaired) electrons. The molecule has 2 heterocycles. The standard InChI is InChI=1S/C19H28N2O2/c1-3-18(22)21-11-9-19(10-12-21)13-17(15-23-19)20(2)14-16-7-5-4-6-8-16/h4-8,17H,3,9-15H2,1-2H3/t17-/m1/s1. The van der Waals surface area contributed by atoms with E-state index >= 15 is 0 Å². The summed E-state index contributed by atoms with van der Waals surface area (Å²) < 4.78 is 6.23. The molecule has 1 amide bonds. The number of likely N-dealkylation sites (tertiary alicyclic amines) is 1. The minimum Gasteiger partial charge on any atom is -0.373 e. The molecule has 1 aromatic rings. The molecule has 0 bridgehead atoms. The van der Waals surface area contributed by atoms with Gasteiger partial charge in [-0.1, -0.05) is 37.3 Å². The van der Waals surface area contributed by atoms with Crippen LogP contribution in [0.15, 0.2) is 30.3 Å². The number of carbonyl (C=O) groups excluding carboxylic acids is 1. The number of hydrogen-bond donors (Lipinski definition) is 0. The van der Waals surface area contributed by atoms with Crippen LogP contribution in [0.25, 0.3) is 0 Å². The second-order valence-corrected chi connectivity index (χ2v) is 6.99. The van der Waals surface area contributed by atoms with E-state index < -0.39 is 0 Å². The van der Waals surface area contributed by atoms with Gasteiger partial charge in [0.1, 0.15) is 0 Å². The van der Waals surface area contributed by atoms with Crippen molar-refractivity contribution in [2.75, 3.05) is 26.7 Å². The van der Waals surface area contributed by atoms with E-state index in [9.17, 15) is 4.79 Å². The van der Waals surface area contributed by atoms with Crippen molar-refractivity contribution in [2.45, 2.75) is 50.8 Å². The molecule has 2 aliphatic heterocycles. The quantitative estimate of drug-likeness (QED) is 0.856. The maximum atomic E-state index is 11.8. The van der Waals surface area contributed by atoms with Gasteiger partial charge in [-0.05, 0) is 31.9 Å². The summed E-state index contributed by atoms with van der Waals surface area (Å²) in [5.41, 5.74) is 1.35. The zero-order chi connectivity index (χ0) is 16.3. The van der Waals surface area contributed by atoms with Crippen LogP contribution in [-0.2, 0) is 16.1 Å². The lowest BCUT2D eigenvalue weighted by atomic mass is 9.87. The molecule has 1 aromatic carbocycles. The third kappa shape index (κ3) is 3.75. The number of hydrogen-bond acceptors (Lipinski definition) is 3. The predicted octanol–water partition coefficient (Wildman–Crippen LogP) is 2.68. The first kappa shape index (κ1) is 16.5. The molecular formula is C19H28N2O2. The predicted molar refractivity (Wildman–Crippen MR) is 91.1 cm³/mol. The van der Waals surface area contributed by atoms with E-state index in [1.165, 1.54) is 5.56 Å². The van der Waals surface area contributed by atoms with Gasteiger partial charge < -0.3 is 9.64 Å². The summed E-state index contributed by atoms with van der Waals surface area (Å²) in [6.07, 6.45) is 3.66. The Kier molecular flexibility index (Phi) is 5.02. The van der Waals surface area contributed by atoms with Gasteiger partial charge in [0, 0.05) is 32.1 Å². The molecule has 0 aliphatic carbocycles. The Labute approximate surface area is 139 Å². The van der Waals surface area contributed by atoms with Crippen LogP contribution in [0.2, 0.25) is 0 Å². The molecular weight excluding hydrogens is 288 g/mol. The molecule has 3 rings (SSSR count). The summed E-state index contributed by atoms with van der Waals surface area (Å²) in [5, 5.41) is 0. The fourth-order valence-corrected chi connectivity index (χ4v) is 3.84. The number of likely N-dealkylation sites (N-methyl/N-ethyl adjacent to an activating group) is 1. The Morgan fingerprint density at radius 2 is 2.00 bits per heavy atom. The van der Waals surface area contributed by atoms with Gasteiger partial charge in [0.05, 0.1) is 12.2 Å². The van der Waals surface area contributed by atoms with Crippen LogP contribution >= 0.6 is 0 Å². The van der Waals surface area contributed by atoms with Crippen molar-refractivity contribution in [3.63, 3.8) is 0 Å². The fourth-order valence-electron chi connectivity index (χ4n) is 3.84. The topological polar surface area (TPSA) is 32.8 Å². The Bertz CT molecular complexity index is 523. The van der Waals surface area contributed by atoms with Gasteiger partial charge in [-0.25, -0.2) is 0 Å². The van der Waals surface area contributed by atoms with Gasteiger partial charge in [0.2, 0.25) is 5.91 Å². The first-order chi connectivity index (χ1) is 11.1. The van der Waals surface area contributed by atoms with Crippen LogP contribution in [0.4, 0.5) is 0 Å². The zero-order valence-electron chi connectivity index (χ0n) is 14.3. The van der Waals surface area contributed by atoms with Crippen LogP contribution in [0.5, 0.6) is 0 Å². The lowest BCUT2D eigenvalue weighted by Gasteiger charge is -2.39. The van der Waals surface area contributed by atoms with Crippen molar-refractivity contribution in [3.8, 4) is 0 Å². The molecule has 0 N–H and O–H groups in total. The number of rotatable bonds is 4. The highest BCUT2D eigenvalue weighted by molar-refractivity contribution is 5.75. The summed E-state index contributed by atoms with van der Waals surface area (Å²) in [4.78, 5) is 16.2. The van der Waals surface area contributed by atoms with Crippen LogP contribution in [0.3, 0.4) is 0 Å². The van der Waals surface area contributed by atoms with Crippen molar-refractivity contribution in [1.82, 2.24) is 9.80 Å². The Hall–Kier alpha value is -1.39. The maximum Gasteiger partial charge on any atom is 0.222 e. The van der Waals surface area contributed by atoms with Crippen LogP contribution in [-0.4, -0.2) is 54.1 Å². The third-order valence-electron chi connectivity index (χ3n) is 5.42. The fraction of sp³-hybridized carbons (Fsp3) is 0.632. The van der Waals surface area contributed by atoms with Gasteiger partial charge in [0.25, 0.3) is 0 Å². The van der Waals surface area contributed by atoms with Crippen molar-refractivity contribution < 1.29 is 9.53 Å². The minimum atomic E-state index is 0.000135. The minimum absolute atomic E-state index is 0.000135. The Morgan fingerprint density at radius 3 is 2.65 bits per heavy atom. The average molecular weight is 316 g/mol. The van der Waals surface area contributed by atoms with E-state index in [1.807, 2.05) is 11.8 Å². The monoisotopic (exact) mass is 316 g/mol. The molecule has 0 unspecified atom stereocenters. The average Bonchev–Trinajstić information content (AvgIpc) is 3.00. The SMILES string of the molecule is CCC(=O)N1CCC2(CC1)C[C@@H](N(C)Cc1ccccc1)CO2. The highest BCUT2D eigenvalue weighted by Gasteiger charge is 2.44. The van der Waals surface area contributed by atoms with Crippen molar-refractivity contribution >= 4 is 5.91 Å². The summed E-state index contributed by atoms with van der Waals surface area (Å²) in [6, 6.07) is 11.1. The van der Waals surface area contributed by atoms with E-state index in [1.54, 1.807) is 0 Å². The van der Waals surface area contributed by atoms with Gasteiger partial charge in [0.15, 0.2) is 0 Å². The lowest BCUT2D eigenvalue weighted by molar-refractivity contribution is -0.135. The molecule has 23 heavy (non-hydrogen) atoms. The van der Waals surface area contributed by atoms with Crippen LogP contribution in [0, 0.1) is 0 Å². The largest absolute Gasteiger partial charge is 0.373 e. The Balaban J connectivity index is 1.53. The molecule has 126 valence electrons. The third-order valence-corrected chi connectivity index (χ3v) is 5.42. The Morgan fingerprint density at radius 1 is 1.30 bits per heavy atom. The first-order valence-electron chi connectivity index (χ1n) is 8.78. The first-order valence-corrected chi connectivity index (χ1v) is 8.78. The highest BCUT2D eigenvalue weighted by Crippen LogP contribution is 2.37. The molecule has 0 aromatic heterocycles. The van der Waals surface area contributed by atoms with Crippen molar-refractivity contribution in [1.29, 1.82) is 0 Å². The number of ether oxygens (including phenoxy) is 1. The van der Waals surface area contributed by atoms with Gasteiger partial charge in [-0.2, -0.15) is 0 Å². The molecule has 1 atom stereocenters. The number of amides is 1. The summed E-state index contributed by atoms with van der Waals surface area (Å²) in [6.45, 7) is 5.41. The van der Waals surface area contributed by atoms with E-state index in [0.717, 1.165) is 45.5 Å². The van der Waals surface area contributed by atoms with E-state index in [4.69, 9.17) is 4.74 Å². The zero-order valence-corrected chi connectivity index (χ0v) is 14.3. The summed E-state index contributed by atoms with van der Waals surface area (Å²) in [7, 11) is 2.19. The second-order valence-electron chi connectivity index (χ2n) is 6.99. The molecule has 2 saturated heterocycles. The van der Waals surface area contributed by atoms with Crippen LogP contribution < -0.4 is 0 Å². The molecule has 2 fully saturated rings. The molecule has 4 heteroatoms. The maximum absolute atomic E-state index is 11.8. The lowest BCUT2D eigenvalue weighted by Crippen LogP contribution is -2.46. The van der Waals surface area contributed by atoms with Gasteiger partial charge in [-0.3, -0.25) is 9.69 Å². The second kappa shape index (κ2) is 7.02. The molecule has 1 spiro atoms. The van der Waals surface area contributed by atoms with Crippen molar-refractivity contribution in [2.24, 2.45) is 0 Å². The van der Waals surface area contributed by atoms with Gasteiger partial charge >= 0.3 is 0 Å². The van der Waals surface area contributed by atoms with Crippen molar-refractivity contribution in [3.05, 3.63) is 35.9 Å². The number of nitrogens with zero attached hydrogens (tertiary/aromatic N) is 2. The molecule has 4 nitrogen and oxygen atoms in total. The number of carbonyl (C=O) groups is 1. The number of benzene rings is 1. The van der Waals surface area contributed by atoms with E-state index in [-0.39, 0.29) is 11.5 Å². The molecule has 0 saturated carbocycles. The normalized spacial score (nSPS) is 23.6. The van der Waals surface area contributed by atoms with E-state index in [0.29, 0.717) is 12.5 Å². The molecule has 2 aliphatic rings.